The van der Waals surface area contributed by atoms with E-state index in [9.17, 15) is 13.2 Å². The van der Waals surface area contributed by atoms with Crippen LogP contribution in [0.5, 0.6) is 5.75 Å². The van der Waals surface area contributed by atoms with Crippen molar-refractivity contribution in [3.8, 4) is 5.75 Å². The fourth-order valence-electron chi connectivity index (χ4n) is 3.18. The minimum atomic E-state index is -4.35. The van der Waals surface area contributed by atoms with Crippen molar-refractivity contribution in [2.45, 2.75) is 51.9 Å². The molecule has 2 nitrogen and oxygen atoms in total. The topological polar surface area (TPSA) is 35.2 Å². The normalized spacial score (nSPS) is 26.7. The molecule has 0 bridgehead atoms. The molecule has 2 unspecified atom stereocenters. The molecule has 1 saturated carbocycles. The molecule has 1 fully saturated rings. The summed E-state index contributed by atoms with van der Waals surface area (Å²) in [4.78, 5) is 0. The van der Waals surface area contributed by atoms with Gasteiger partial charge in [-0.1, -0.05) is 13.8 Å². The number of nitrogens with two attached hydrogens (primary N) is 1. The van der Waals surface area contributed by atoms with Crippen LogP contribution < -0.4 is 10.5 Å². The van der Waals surface area contributed by atoms with Crippen molar-refractivity contribution in [2.24, 2.45) is 17.6 Å². The second-order valence-electron chi connectivity index (χ2n) is 6.18. The molecule has 5 heteroatoms. The number of hydrogen-bond donors (Lipinski definition) is 1. The number of ether oxygens (including phenoxy) is 1. The zero-order valence-corrected chi connectivity index (χ0v) is 12.4. The third-order valence-corrected chi connectivity index (χ3v) is 4.04. The minimum Gasteiger partial charge on any atom is -0.490 e. The van der Waals surface area contributed by atoms with Crippen LogP contribution in [0.2, 0.25) is 0 Å². The molecule has 2 rings (SSSR count). The molecule has 118 valence electrons. The average Bonchev–Trinajstić information content (AvgIpc) is 2.36. The minimum absolute atomic E-state index is 0.0388. The van der Waals surface area contributed by atoms with E-state index in [4.69, 9.17) is 10.5 Å². The lowest BCUT2D eigenvalue weighted by Gasteiger charge is -2.32. The molecule has 1 aromatic rings. The molecule has 1 aliphatic carbocycles. The van der Waals surface area contributed by atoms with E-state index in [1.165, 1.54) is 12.5 Å². The Bertz CT molecular complexity index is 477. The standard InChI is InChI=1S/C16H22F3NO/c1-10-5-11(2)7-14(6-10)21-15-4-3-13(16(17,18)19)8-12(15)9-20/h3-4,8,10-11,14H,5-7,9,20H2,1-2H3. The Morgan fingerprint density at radius 1 is 1.14 bits per heavy atom. The predicted molar refractivity (Wildman–Crippen MR) is 75.9 cm³/mol. The number of alkyl halides is 3. The molecule has 2 N–H and O–H groups in total. The molecule has 0 heterocycles. The van der Waals surface area contributed by atoms with E-state index in [2.05, 4.69) is 13.8 Å². The molecular formula is C16H22F3NO. The highest BCUT2D eigenvalue weighted by Gasteiger charge is 2.31. The molecule has 2 atom stereocenters. The van der Waals surface area contributed by atoms with Crippen molar-refractivity contribution in [1.29, 1.82) is 0 Å². The third-order valence-electron chi connectivity index (χ3n) is 4.04. The van der Waals surface area contributed by atoms with Gasteiger partial charge in [-0.2, -0.15) is 13.2 Å². The fourth-order valence-corrected chi connectivity index (χ4v) is 3.18. The van der Waals surface area contributed by atoms with Gasteiger partial charge in [0.05, 0.1) is 11.7 Å². The molecule has 1 aliphatic rings. The zero-order chi connectivity index (χ0) is 15.6. The van der Waals surface area contributed by atoms with Gasteiger partial charge in [0.15, 0.2) is 0 Å². The lowest BCUT2D eigenvalue weighted by Crippen LogP contribution is -2.29. The number of hydrogen-bond acceptors (Lipinski definition) is 2. The highest BCUT2D eigenvalue weighted by molar-refractivity contribution is 5.38. The van der Waals surface area contributed by atoms with Crippen LogP contribution in [-0.4, -0.2) is 6.10 Å². The van der Waals surface area contributed by atoms with E-state index in [0.717, 1.165) is 25.0 Å². The van der Waals surface area contributed by atoms with E-state index in [0.29, 0.717) is 23.1 Å². The van der Waals surface area contributed by atoms with Crippen molar-refractivity contribution in [3.05, 3.63) is 29.3 Å². The Labute approximate surface area is 123 Å². The number of rotatable bonds is 3. The van der Waals surface area contributed by atoms with Gasteiger partial charge in [-0.15, -0.1) is 0 Å². The number of halogens is 3. The first-order valence-corrected chi connectivity index (χ1v) is 7.36. The molecule has 1 aromatic carbocycles. The Morgan fingerprint density at radius 2 is 1.76 bits per heavy atom. The van der Waals surface area contributed by atoms with Gasteiger partial charge in [0, 0.05) is 12.1 Å². The summed E-state index contributed by atoms with van der Waals surface area (Å²) >= 11 is 0. The van der Waals surface area contributed by atoms with Gasteiger partial charge in [-0.05, 0) is 49.3 Å². The first kappa shape index (κ1) is 16.1. The quantitative estimate of drug-likeness (QED) is 0.900. The summed E-state index contributed by atoms with van der Waals surface area (Å²) in [5.74, 6) is 1.64. The molecular weight excluding hydrogens is 279 g/mol. The van der Waals surface area contributed by atoms with Crippen molar-refractivity contribution in [2.75, 3.05) is 0 Å². The first-order valence-electron chi connectivity index (χ1n) is 7.36. The molecule has 0 aromatic heterocycles. The second-order valence-corrected chi connectivity index (χ2v) is 6.18. The third kappa shape index (κ3) is 4.13. The highest BCUT2D eigenvalue weighted by atomic mass is 19.4. The Kier molecular flexibility index (Phi) is 4.81. The summed E-state index contributed by atoms with van der Waals surface area (Å²) in [6.45, 7) is 4.41. The van der Waals surface area contributed by atoms with Crippen molar-refractivity contribution >= 4 is 0 Å². The second kappa shape index (κ2) is 6.26. The monoisotopic (exact) mass is 301 g/mol. The zero-order valence-electron chi connectivity index (χ0n) is 12.4. The molecule has 0 saturated heterocycles. The van der Waals surface area contributed by atoms with Crippen molar-refractivity contribution in [1.82, 2.24) is 0 Å². The summed E-state index contributed by atoms with van der Waals surface area (Å²) in [5, 5.41) is 0. The summed E-state index contributed by atoms with van der Waals surface area (Å²) in [6, 6.07) is 3.55. The van der Waals surface area contributed by atoms with Crippen LogP contribution >= 0.6 is 0 Å². The Morgan fingerprint density at radius 3 is 2.29 bits per heavy atom. The first-order chi connectivity index (χ1) is 9.79. The fraction of sp³-hybridized carbons (Fsp3) is 0.625. The van der Waals surface area contributed by atoms with Gasteiger partial charge in [-0.25, -0.2) is 0 Å². The summed E-state index contributed by atoms with van der Waals surface area (Å²) in [6.07, 6.45) is -1.23. The van der Waals surface area contributed by atoms with Gasteiger partial charge in [0.2, 0.25) is 0 Å². The Balaban J connectivity index is 2.16. The van der Waals surface area contributed by atoms with Crippen LogP contribution in [0, 0.1) is 11.8 Å². The van der Waals surface area contributed by atoms with Gasteiger partial charge in [0.1, 0.15) is 5.75 Å². The summed E-state index contributed by atoms with van der Waals surface area (Å²) in [7, 11) is 0. The largest absolute Gasteiger partial charge is 0.490 e. The van der Waals surface area contributed by atoms with Crippen LogP contribution in [0.15, 0.2) is 18.2 Å². The smallest absolute Gasteiger partial charge is 0.416 e. The van der Waals surface area contributed by atoms with E-state index in [-0.39, 0.29) is 12.6 Å². The maximum Gasteiger partial charge on any atom is 0.416 e. The SMILES string of the molecule is CC1CC(C)CC(Oc2ccc(C(F)(F)F)cc2CN)C1. The lowest BCUT2D eigenvalue weighted by molar-refractivity contribution is -0.137. The van der Waals surface area contributed by atoms with Crippen LogP contribution in [0.3, 0.4) is 0 Å². The summed E-state index contributed by atoms with van der Waals surface area (Å²) in [5.41, 5.74) is 5.31. The predicted octanol–water partition coefficient (Wildman–Crippen LogP) is 4.37. The van der Waals surface area contributed by atoms with E-state index >= 15 is 0 Å². The molecule has 0 aliphatic heterocycles. The van der Waals surface area contributed by atoms with Gasteiger partial charge >= 0.3 is 6.18 Å². The lowest BCUT2D eigenvalue weighted by atomic mass is 9.82. The van der Waals surface area contributed by atoms with Crippen LogP contribution in [0.25, 0.3) is 0 Å². The summed E-state index contributed by atoms with van der Waals surface area (Å²) < 4.78 is 44.1. The molecule has 0 spiro atoms. The highest BCUT2D eigenvalue weighted by Crippen LogP contribution is 2.35. The van der Waals surface area contributed by atoms with E-state index in [1.807, 2.05) is 0 Å². The Hall–Kier alpha value is -1.23. The van der Waals surface area contributed by atoms with Crippen LogP contribution in [0.4, 0.5) is 13.2 Å². The number of benzene rings is 1. The van der Waals surface area contributed by atoms with Crippen LogP contribution in [-0.2, 0) is 12.7 Å². The van der Waals surface area contributed by atoms with Gasteiger partial charge < -0.3 is 10.5 Å². The van der Waals surface area contributed by atoms with Gasteiger partial charge in [-0.3, -0.25) is 0 Å². The van der Waals surface area contributed by atoms with E-state index < -0.39 is 11.7 Å². The van der Waals surface area contributed by atoms with Crippen LogP contribution in [0.1, 0.15) is 44.2 Å². The maximum absolute atomic E-state index is 12.7. The van der Waals surface area contributed by atoms with Crippen molar-refractivity contribution in [3.63, 3.8) is 0 Å². The van der Waals surface area contributed by atoms with E-state index in [1.54, 1.807) is 0 Å². The molecule has 0 radical (unpaired) electrons. The maximum atomic E-state index is 12.7. The average molecular weight is 301 g/mol. The molecule has 0 amide bonds. The molecule has 21 heavy (non-hydrogen) atoms. The van der Waals surface area contributed by atoms with Gasteiger partial charge in [0.25, 0.3) is 0 Å². The van der Waals surface area contributed by atoms with Crippen molar-refractivity contribution < 1.29 is 17.9 Å².